The maximum Gasteiger partial charge on any atom is 0.410 e. The van der Waals surface area contributed by atoms with Crippen molar-refractivity contribution in [2.24, 2.45) is 5.41 Å². The molecule has 1 aromatic rings. The highest BCUT2D eigenvalue weighted by atomic mass is 35.5. The van der Waals surface area contributed by atoms with Gasteiger partial charge in [-0.1, -0.05) is 17.7 Å². The first-order valence-corrected chi connectivity index (χ1v) is 12.8. The minimum Gasteiger partial charge on any atom is -0.493 e. The summed E-state index contributed by atoms with van der Waals surface area (Å²) in [7, 11) is 1.55. The van der Waals surface area contributed by atoms with Crippen LogP contribution in [0.2, 0.25) is 5.02 Å². The molecule has 0 spiro atoms. The molecule has 2 aliphatic heterocycles. The van der Waals surface area contributed by atoms with Gasteiger partial charge in [0, 0.05) is 50.1 Å². The Morgan fingerprint density at radius 1 is 1.11 bits per heavy atom. The molecule has 1 aromatic carbocycles. The Kier molecular flexibility index (Phi) is 9.47. The Bertz CT molecular complexity index is 930. The normalized spacial score (nSPS) is 20.6. The third kappa shape index (κ3) is 8.27. The third-order valence-electron chi connectivity index (χ3n) is 6.32. The molecule has 2 saturated heterocycles. The van der Waals surface area contributed by atoms with Crippen molar-refractivity contribution >= 4 is 29.5 Å². The second-order valence-corrected chi connectivity index (χ2v) is 11.1. The molecule has 0 N–H and O–H groups in total. The van der Waals surface area contributed by atoms with Crippen molar-refractivity contribution in [1.82, 2.24) is 14.7 Å². The number of rotatable bonds is 7. The molecule has 10 heteroatoms. The standard InChI is InChI=1S/C26H38ClN3O6/c1-25(2,3)36-24(33)28(4)17-23(32)30-10-6-9-26(18-30,16-22(31)29-11-13-34-14-12-29)19-35-21-8-5-7-20(27)15-21/h5,7-8,15H,6,9-14,16-19H2,1-4H3/t26-/m1/s1. The number of likely N-dealkylation sites (tertiary alicyclic amines) is 1. The Morgan fingerprint density at radius 3 is 2.50 bits per heavy atom. The fourth-order valence-corrected chi connectivity index (χ4v) is 4.66. The smallest absolute Gasteiger partial charge is 0.410 e. The van der Waals surface area contributed by atoms with Crippen LogP contribution >= 0.6 is 11.6 Å². The molecule has 0 unspecified atom stereocenters. The number of carbonyl (C=O) groups excluding carboxylic acids is 3. The lowest BCUT2D eigenvalue weighted by Crippen LogP contribution is -2.53. The molecule has 200 valence electrons. The fraction of sp³-hybridized carbons (Fsp3) is 0.654. The van der Waals surface area contributed by atoms with Crippen LogP contribution in [0.15, 0.2) is 24.3 Å². The van der Waals surface area contributed by atoms with E-state index >= 15 is 0 Å². The summed E-state index contributed by atoms with van der Waals surface area (Å²) in [4.78, 5) is 43.6. The van der Waals surface area contributed by atoms with Gasteiger partial charge in [-0.25, -0.2) is 4.79 Å². The van der Waals surface area contributed by atoms with Gasteiger partial charge >= 0.3 is 6.09 Å². The summed E-state index contributed by atoms with van der Waals surface area (Å²) in [5.41, 5.74) is -1.21. The van der Waals surface area contributed by atoms with Gasteiger partial charge in [0.15, 0.2) is 0 Å². The zero-order valence-electron chi connectivity index (χ0n) is 21.8. The number of hydrogen-bond donors (Lipinski definition) is 0. The number of nitrogens with zero attached hydrogens (tertiary/aromatic N) is 3. The number of morpholine rings is 1. The van der Waals surface area contributed by atoms with E-state index in [1.807, 2.05) is 17.0 Å². The van der Waals surface area contributed by atoms with Crippen LogP contribution in [-0.4, -0.2) is 97.8 Å². The number of carbonyl (C=O) groups is 3. The van der Waals surface area contributed by atoms with Crippen molar-refractivity contribution in [1.29, 1.82) is 0 Å². The van der Waals surface area contributed by atoms with Crippen molar-refractivity contribution < 1.29 is 28.6 Å². The second kappa shape index (κ2) is 12.1. The van der Waals surface area contributed by atoms with E-state index in [1.165, 1.54) is 4.90 Å². The van der Waals surface area contributed by atoms with Crippen LogP contribution in [0.25, 0.3) is 0 Å². The highest BCUT2D eigenvalue weighted by molar-refractivity contribution is 6.30. The summed E-state index contributed by atoms with van der Waals surface area (Å²) in [6.07, 6.45) is 1.19. The van der Waals surface area contributed by atoms with Crippen LogP contribution in [-0.2, 0) is 19.1 Å². The molecule has 0 bridgehead atoms. The van der Waals surface area contributed by atoms with Crippen LogP contribution in [0, 0.1) is 5.41 Å². The second-order valence-electron chi connectivity index (χ2n) is 10.7. The third-order valence-corrected chi connectivity index (χ3v) is 6.56. The van der Waals surface area contributed by atoms with E-state index in [9.17, 15) is 14.4 Å². The lowest BCUT2D eigenvalue weighted by atomic mass is 9.77. The molecular formula is C26H38ClN3O6. The highest BCUT2D eigenvalue weighted by Gasteiger charge is 2.41. The number of piperidine rings is 1. The number of amides is 3. The number of benzene rings is 1. The summed E-state index contributed by atoms with van der Waals surface area (Å²) in [6, 6.07) is 7.15. The minimum atomic E-state index is -0.647. The van der Waals surface area contributed by atoms with Gasteiger partial charge in [-0.15, -0.1) is 0 Å². The lowest BCUT2D eigenvalue weighted by molar-refractivity contribution is -0.144. The molecule has 3 rings (SSSR count). The minimum absolute atomic E-state index is 0.0353. The van der Waals surface area contributed by atoms with Crippen molar-refractivity contribution in [3.63, 3.8) is 0 Å². The van der Waals surface area contributed by atoms with Crippen LogP contribution in [0.1, 0.15) is 40.0 Å². The summed E-state index contributed by atoms with van der Waals surface area (Å²) >= 11 is 6.12. The first-order valence-electron chi connectivity index (χ1n) is 12.4. The van der Waals surface area contributed by atoms with E-state index in [2.05, 4.69) is 0 Å². The summed E-state index contributed by atoms with van der Waals surface area (Å²) in [5, 5.41) is 0.566. The maximum absolute atomic E-state index is 13.2. The maximum atomic E-state index is 13.2. The molecule has 9 nitrogen and oxygen atoms in total. The lowest BCUT2D eigenvalue weighted by Gasteiger charge is -2.43. The topological polar surface area (TPSA) is 88.6 Å². The van der Waals surface area contributed by atoms with Crippen LogP contribution in [0.5, 0.6) is 5.75 Å². The average molecular weight is 524 g/mol. The monoisotopic (exact) mass is 523 g/mol. The quantitative estimate of drug-likeness (QED) is 0.544. The molecule has 2 aliphatic rings. The van der Waals surface area contributed by atoms with Crippen molar-refractivity contribution in [3.8, 4) is 5.75 Å². The molecule has 3 amide bonds. The van der Waals surface area contributed by atoms with Gasteiger partial charge in [0.1, 0.15) is 17.9 Å². The molecule has 1 atom stereocenters. The molecule has 0 aliphatic carbocycles. The molecule has 36 heavy (non-hydrogen) atoms. The van der Waals surface area contributed by atoms with Crippen molar-refractivity contribution in [2.45, 2.75) is 45.6 Å². The zero-order chi connectivity index (χ0) is 26.3. The molecule has 0 saturated carbocycles. The largest absolute Gasteiger partial charge is 0.493 e. The molecule has 0 radical (unpaired) electrons. The number of ether oxygens (including phenoxy) is 3. The summed E-state index contributed by atoms with van der Waals surface area (Å²) < 4.78 is 16.9. The van der Waals surface area contributed by atoms with E-state index in [1.54, 1.807) is 44.9 Å². The van der Waals surface area contributed by atoms with Crippen LogP contribution in [0.3, 0.4) is 0 Å². The molecule has 2 heterocycles. The number of likely N-dealkylation sites (N-methyl/N-ethyl adjacent to an activating group) is 1. The van der Waals surface area contributed by atoms with Gasteiger partial charge in [-0.05, 0) is 51.8 Å². The van der Waals surface area contributed by atoms with Gasteiger partial charge in [0.05, 0.1) is 19.8 Å². The first kappa shape index (κ1) is 28.1. The SMILES string of the molecule is CN(CC(=O)N1CCC[C@@](COc2cccc(Cl)c2)(CC(=O)N2CCOCC2)C1)C(=O)OC(C)(C)C. The fourth-order valence-electron chi connectivity index (χ4n) is 4.48. The van der Waals surface area contributed by atoms with Gasteiger partial charge in [-0.2, -0.15) is 0 Å². The Hall–Kier alpha value is -2.52. The van der Waals surface area contributed by atoms with Crippen LogP contribution < -0.4 is 4.74 Å². The van der Waals surface area contributed by atoms with Crippen molar-refractivity contribution in [2.75, 3.05) is 59.6 Å². The van der Waals surface area contributed by atoms with Gasteiger partial charge in [0.2, 0.25) is 11.8 Å². The molecule has 0 aromatic heterocycles. The Labute approximate surface area is 218 Å². The average Bonchev–Trinajstić information content (AvgIpc) is 2.82. The van der Waals surface area contributed by atoms with E-state index < -0.39 is 17.1 Å². The number of hydrogen-bond acceptors (Lipinski definition) is 6. The Morgan fingerprint density at radius 2 is 1.83 bits per heavy atom. The highest BCUT2D eigenvalue weighted by Crippen LogP contribution is 2.36. The predicted octanol–water partition coefficient (Wildman–Crippen LogP) is 3.44. The van der Waals surface area contributed by atoms with Gasteiger partial charge in [0.25, 0.3) is 0 Å². The van der Waals surface area contributed by atoms with E-state index in [4.69, 9.17) is 25.8 Å². The van der Waals surface area contributed by atoms with Crippen LogP contribution in [0.4, 0.5) is 4.79 Å². The molecule has 2 fully saturated rings. The van der Waals surface area contributed by atoms with Gasteiger partial charge in [-0.3, -0.25) is 9.59 Å². The van der Waals surface area contributed by atoms with E-state index in [0.717, 1.165) is 12.8 Å². The molecular weight excluding hydrogens is 486 g/mol. The van der Waals surface area contributed by atoms with Crippen molar-refractivity contribution in [3.05, 3.63) is 29.3 Å². The van der Waals surface area contributed by atoms with Gasteiger partial charge < -0.3 is 28.9 Å². The number of halogens is 1. The summed E-state index contributed by atoms with van der Waals surface area (Å²) in [6.45, 7) is 8.63. The Balaban J connectivity index is 1.71. The first-order chi connectivity index (χ1) is 17.0. The predicted molar refractivity (Wildman–Crippen MR) is 136 cm³/mol. The summed E-state index contributed by atoms with van der Waals surface area (Å²) in [5.74, 6) is 0.469. The van der Waals surface area contributed by atoms with E-state index in [0.29, 0.717) is 50.2 Å². The zero-order valence-corrected chi connectivity index (χ0v) is 22.5. The van der Waals surface area contributed by atoms with E-state index in [-0.39, 0.29) is 31.4 Å².